The third kappa shape index (κ3) is 4.58. The third-order valence-corrected chi connectivity index (χ3v) is 2.51. The molecule has 0 aromatic rings. The highest BCUT2D eigenvalue weighted by molar-refractivity contribution is 5.77. The molecule has 1 unspecified atom stereocenters. The van der Waals surface area contributed by atoms with Crippen LogP contribution < -0.4 is 5.32 Å². The summed E-state index contributed by atoms with van der Waals surface area (Å²) in [7, 11) is 1.30. The molecule has 0 aromatic heterocycles. The molecule has 0 aliphatic carbocycles. The zero-order chi connectivity index (χ0) is 12.7. The zero-order valence-electron chi connectivity index (χ0n) is 9.85. The van der Waals surface area contributed by atoms with Gasteiger partial charge >= 0.3 is 12.0 Å². The fourth-order valence-electron chi connectivity index (χ4n) is 1.51. The van der Waals surface area contributed by atoms with Gasteiger partial charge in [-0.2, -0.15) is 0 Å². The SMILES string of the molecule is COC(CNC(=O)N1CCCOCC1)C(=O)O. The summed E-state index contributed by atoms with van der Waals surface area (Å²) in [5.41, 5.74) is 0. The van der Waals surface area contributed by atoms with Crippen molar-refractivity contribution in [2.75, 3.05) is 40.0 Å². The van der Waals surface area contributed by atoms with Crippen molar-refractivity contribution in [2.24, 2.45) is 0 Å². The molecule has 0 radical (unpaired) electrons. The molecule has 7 nitrogen and oxygen atoms in total. The minimum Gasteiger partial charge on any atom is -0.479 e. The molecule has 0 aromatic carbocycles. The van der Waals surface area contributed by atoms with Gasteiger partial charge in [-0.3, -0.25) is 0 Å². The minimum atomic E-state index is -1.09. The standard InChI is InChI=1S/C10H18N2O5/c1-16-8(9(13)14)7-11-10(15)12-3-2-5-17-6-4-12/h8H,2-7H2,1H3,(H,11,15)(H,13,14). The van der Waals surface area contributed by atoms with Gasteiger partial charge in [-0.1, -0.05) is 0 Å². The summed E-state index contributed by atoms with van der Waals surface area (Å²) in [6, 6.07) is -0.279. The molecular weight excluding hydrogens is 228 g/mol. The van der Waals surface area contributed by atoms with E-state index in [0.29, 0.717) is 26.3 Å². The quantitative estimate of drug-likeness (QED) is 0.699. The van der Waals surface area contributed by atoms with Gasteiger partial charge in [-0.25, -0.2) is 9.59 Å². The molecule has 1 atom stereocenters. The Hall–Kier alpha value is -1.34. The minimum absolute atomic E-state index is 0.0397. The Bertz CT molecular complexity index is 263. The van der Waals surface area contributed by atoms with Crippen LogP contribution in [0.1, 0.15) is 6.42 Å². The molecule has 0 saturated carbocycles. The van der Waals surface area contributed by atoms with E-state index in [4.69, 9.17) is 14.6 Å². The maximum absolute atomic E-state index is 11.7. The summed E-state index contributed by atoms with van der Waals surface area (Å²) in [4.78, 5) is 24.0. The van der Waals surface area contributed by atoms with Crippen molar-refractivity contribution in [3.8, 4) is 0 Å². The van der Waals surface area contributed by atoms with E-state index >= 15 is 0 Å². The number of carbonyl (C=O) groups is 2. The van der Waals surface area contributed by atoms with Crippen molar-refractivity contribution in [2.45, 2.75) is 12.5 Å². The van der Waals surface area contributed by atoms with Crippen molar-refractivity contribution < 1.29 is 24.2 Å². The molecule has 7 heteroatoms. The number of methoxy groups -OCH3 is 1. The van der Waals surface area contributed by atoms with Crippen LogP contribution >= 0.6 is 0 Å². The normalized spacial score (nSPS) is 18.3. The average Bonchev–Trinajstić information content (AvgIpc) is 2.57. The summed E-state index contributed by atoms with van der Waals surface area (Å²) in [6.45, 7) is 2.27. The number of ether oxygens (including phenoxy) is 2. The molecule has 0 bridgehead atoms. The van der Waals surface area contributed by atoms with Crippen molar-refractivity contribution in [3.63, 3.8) is 0 Å². The topological polar surface area (TPSA) is 88.1 Å². The number of carboxylic acid groups (broad SMARTS) is 1. The van der Waals surface area contributed by atoms with Gasteiger partial charge in [0.15, 0.2) is 6.10 Å². The Kier molecular flexibility index (Phi) is 5.71. The number of carboxylic acids is 1. The van der Waals surface area contributed by atoms with Crippen LogP contribution in [0.3, 0.4) is 0 Å². The fraction of sp³-hybridized carbons (Fsp3) is 0.800. The number of urea groups is 1. The number of rotatable bonds is 4. The van der Waals surface area contributed by atoms with Crippen LogP contribution in [-0.2, 0) is 14.3 Å². The molecule has 1 fully saturated rings. The molecule has 1 aliphatic heterocycles. The fourth-order valence-corrected chi connectivity index (χ4v) is 1.51. The van der Waals surface area contributed by atoms with E-state index in [9.17, 15) is 9.59 Å². The van der Waals surface area contributed by atoms with Gasteiger partial charge in [0.2, 0.25) is 0 Å². The van der Waals surface area contributed by atoms with Crippen molar-refractivity contribution >= 4 is 12.0 Å². The smallest absolute Gasteiger partial charge is 0.334 e. The first-order chi connectivity index (χ1) is 8.15. The van der Waals surface area contributed by atoms with E-state index in [-0.39, 0.29) is 12.6 Å². The van der Waals surface area contributed by atoms with E-state index < -0.39 is 12.1 Å². The van der Waals surface area contributed by atoms with Crippen LogP contribution in [0.5, 0.6) is 0 Å². The van der Waals surface area contributed by atoms with Crippen LogP contribution in [-0.4, -0.2) is 68.1 Å². The molecule has 2 amide bonds. The van der Waals surface area contributed by atoms with E-state index in [2.05, 4.69) is 5.32 Å². The lowest BCUT2D eigenvalue weighted by molar-refractivity contribution is -0.148. The summed E-state index contributed by atoms with van der Waals surface area (Å²) in [5.74, 6) is -1.09. The summed E-state index contributed by atoms with van der Waals surface area (Å²) < 4.78 is 9.94. The van der Waals surface area contributed by atoms with Crippen LogP contribution in [0, 0.1) is 0 Å². The highest BCUT2D eigenvalue weighted by Gasteiger charge is 2.20. The molecular formula is C10H18N2O5. The number of nitrogens with one attached hydrogen (secondary N) is 1. The second-order valence-corrected chi connectivity index (χ2v) is 3.70. The molecule has 0 spiro atoms. The van der Waals surface area contributed by atoms with Crippen LogP contribution in [0.15, 0.2) is 0 Å². The van der Waals surface area contributed by atoms with Crippen LogP contribution in [0.2, 0.25) is 0 Å². The van der Waals surface area contributed by atoms with E-state index in [1.165, 1.54) is 7.11 Å². The molecule has 1 heterocycles. The molecule has 1 aliphatic rings. The zero-order valence-corrected chi connectivity index (χ0v) is 9.85. The maximum atomic E-state index is 11.7. The third-order valence-electron chi connectivity index (χ3n) is 2.51. The second-order valence-electron chi connectivity index (χ2n) is 3.70. The first-order valence-electron chi connectivity index (χ1n) is 5.51. The molecule has 1 saturated heterocycles. The predicted molar refractivity (Wildman–Crippen MR) is 58.8 cm³/mol. The van der Waals surface area contributed by atoms with Crippen molar-refractivity contribution in [1.29, 1.82) is 0 Å². The number of hydrogen-bond acceptors (Lipinski definition) is 4. The molecule has 2 N–H and O–H groups in total. The van der Waals surface area contributed by atoms with Crippen molar-refractivity contribution in [1.82, 2.24) is 10.2 Å². The first-order valence-corrected chi connectivity index (χ1v) is 5.51. The number of hydrogen-bond donors (Lipinski definition) is 2. The van der Waals surface area contributed by atoms with E-state index in [1.807, 2.05) is 0 Å². The Morgan fingerprint density at radius 3 is 2.88 bits per heavy atom. The molecule has 17 heavy (non-hydrogen) atoms. The van der Waals surface area contributed by atoms with Gasteiger partial charge in [-0.15, -0.1) is 0 Å². The summed E-state index contributed by atoms with van der Waals surface area (Å²) in [5, 5.41) is 11.3. The van der Waals surface area contributed by atoms with E-state index in [0.717, 1.165) is 6.42 Å². The number of aliphatic carboxylic acids is 1. The Balaban J connectivity index is 2.34. The number of carbonyl (C=O) groups excluding carboxylic acids is 1. The van der Waals surface area contributed by atoms with Gasteiger partial charge < -0.3 is 24.8 Å². The van der Waals surface area contributed by atoms with Gasteiger partial charge in [0.05, 0.1) is 13.2 Å². The number of amides is 2. The van der Waals surface area contributed by atoms with Gasteiger partial charge in [0.1, 0.15) is 0 Å². The monoisotopic (exact) mass is 246 g/mol. The highest BCUT2D eigenvalue weighted by atomic mass is 16.5. The first kappa shape index (κ1) is 13.7. The lowest BCUT2D eigenvalue weighted by atomic mass is 10.3. The second kappa shape index (κ2) is 7.08. The van der Waals surface area contributed by atoms with Gasteiger partial charge in [-0.05, 0) is 6.42 Å². The van der Waals surface area contributed by atoms with Gasteiger partial charge in [0.25, 0.3) is 0 Å². The van der Waals surface area contributed by atoms with Crippen LogP contribution in [0.25, 0.3) is 0 Å². The molecule has 98 valence electrons. The Morgan fingerprint density at radius 2 is 2.24 bits per heavy atom. The van der Waals surface area contributed by atoms with Crippen molar-refractivity contribution in [3.05, 3.63) is 0 Å². The average molecular weight is 246 g/mol. The predicted octanol–water partition coefficient (Wildman–Crippen LogP) is -0.482. The Labute approximate surface area is 99.7 Å². The lowest BCUT2D eigenvalue weighted by Gasteiger charge is -2.21. The maximum Gasteiger partial charge on any atom is 0.334 e. The largest absolute Gasteiger partial charge is 0.479 e. The van der Waals surface area contributed by atoms with E-state index in [1.54, 1.807) is 4.90 Å². The van der Waals surface area contributed by atoms with Gasteiger partial charge in [0, 0.05) is 26.8 Å². The molecule has 1 rings (SSSR count). The summed E-state index contributed by atoms with van der Waals surface area (Å²) >= 11 is 0. The van der Waals surface area contributed by atoms with Crippen LogP contribution in [0.4, 0.5) is 4.79 Å². The number of nitrogens with zero attached hydrogens (tertiary/aromatic N) is 1. The lowest BCUT2D eigenvalue weighted by Crippen LogP contribution is -2.45. The summed E-state index contributed by atoms with van der Waals surface area (Å²) in [6.07, 6.45) is -0.220. The Morgan fingerprint density at radius 1 is 1.47 bits per heavy atom. The highest BCUT2D eigenvalue weighted by Crippen LogP contribution is 1.99.